The zero-order valence-corrected chi connectivity index (χ0v) is 17.2. The van der Waals surface area contributed by atoms with Gasteiger partial charge in [0, 0.05) is 11.1 Å². The van der Waals surface area contributed by atoms with Crippen LogP contribution in [0.15, 0.2) is 59.4 Å². The number of benzene rings is 2. The van der Waals surface area contributed by atoms with Crippen LogP contribution in [0.4, 0.5) is 0 Å². The predicted molar refractivity (Wildman–Crippen MR) is 118 cm³/mol. The van der Waals surface area contributed by atoms with Crippen molar-refractivity contribution in [3.63, 3.8) is 0 Å². The van der Waals surface area contributed by atoms with E-state index in [1.807, 2.05) is 42.5 Å². The Morgan fingerprint density at radius 2 is 1.72 bits per heavy atom. The van der Waals surface area contributed by atoms with Crippen LogP contribution in [0.5, 0.6) is 0 Å². The Kier molecular flexibility index (Phi) is 6.30. The fourth-order valence-electron chi connectivity index (χ4n) is 3.87. The average Bonchev–Trinajstić information content (AvgIpc) is 3.29. The van der Waals surface area contributed by atoms with E-state index in [1.54, 1.807) is 16.4 Å². The van der Waals surface area contributed by atoms with Crippen LogP contribution in [0.25, 0.3) is 10.8 Å². The molecule has 3 aromatic rings. The molecule has 0 aliphatic heterocycles. The van der Waals surface area contributed by atoms with Crippen molar-refractivity contribution in [1.29, 1.82) is 0 Å². The Morgan fingerprint density at radius 1 is 1.03 bits per heavy atom. The van der Waals surface area contributed by atoms with E-state index in [0.717, 1.165) is 42.5 Å². The first kappa shape index (κ1) is 19.7. The molecule has 0 unspecified atom stereocenters. The van der Waals surface area contributed by atoms with Gasteiger partial charge >= 0.3 is 0 Å². The third-order valence-electron chi connectivity index (χ3n) is 5.37. The summed E-state index contributed by atoms with van der Waals surface area (Å²) in [6, 6.07) is 17.8. The molecule has 1 aliphatic rings. The molecule has 0 spiro atoms. The van der Waals surface area contributed by atoms with Gasteiger partial charge in [-0.2, -0.15) is 5.10 Å². The molecule has 0 radical (unpaired) electrons. The molecule has 0 bridgehead atoms. The number of nitrogens with zero attached hydrogens (tertiary/aromatic N) is 2. The zero-order chi connectivity index (χ0) is 20.1. The highest BCUT2D eigenvalue weighted by molar-refractivity contribution is 7.99. The predicted octanol–water partition coefficient (Wildman–Crippen LogP) is 4.06. The van der Waals surface area contributed by atoms with Crippen LogP contribution < -0.4 is 10.9 Å². The van der Waals surface area contributed by atoms with Gasteiger partial charge in [0.05, 0.1) is 29.4 Å². The van der Waals surface area contributed by atoms with Gasteiger partial charge in [-0.15, -0.1) is 11.8 Å². The van der Waals surface area contributed by atoms with Crippen molar-refractivity contribution in [2.75, 3.05) is 5.75 Å². The van der Waals surface area contributed by atoms with Crippen LogP contribution in [0.1, 0.15) is 43.0 Å². The Bertz CT molecular complexity index is 1040. The molecule has 6 heteroatoms. The topological polar surface area (TPSA) is 64.0 Å². The second-order valence-electron chi connectivity index (χ2n) is 7.44. The Morgan fingerprint density at radius 3 is 2.48 bits per heavy atom. The third-order valence-corrected chi connectivity index (χ3v) is 6.38. The molecule has 5 nitrogen and oxygen atoms in total. The van der Waals surface area contributed by atoms with Gasteiger partial charge < -0.3 is 5.32 Å². The van der Waals surface area contributed by atoms with Gasteiger partial charge in [-0.1, -0.05) is 61.4 Å². The van der Waals surface area contributed by atoms with Crippen molar-refractivity contribution in [2.45, 2.75) is 44.0 Å². The lowest BCUT2D eigenvalue weighted by atomic mass is 10.1. The fourth-order valence-corrected chi connectivity index (χ4v) is 4.69. The standard InChI is InChI=1S/C23H25N3O2S/c27-22(16-29-15-17-8-2-1-3-9-17)24-14-21-19-12-6-7-13-20(19)23(28)26(25-21)18-10-4-5-11-18/h1-3,6-9,12-13,18H,4-5,10-11,14-16H2,(H,24,27). The molecule has 1 amide bonds. The number of amides is 1. The molecule has 0 saturated heterocycles. The average molecular weight is 408 g/mol. The van der Waals surface area contributed by atoms with Crippen LogP contribution in [0.3, 0.4) is 0 Å². The summed E-state index contributed by atoms with van der Waals surface area (Å²) in [6.45, 7) is 0.332. The summed E-state index contributed by atoms with van der Waals surface area (Å²) in [6.07, 6.45) is 4.26. The molecule has 1 N–H and O–H groups in total. The second kappa shape index (κ2) is 9.27. The summed E-state index contributed by atoms with van der Waals surface area (Å²) < 4.78 is 1.65. The van der Waals surface area contributed by atoms with E-state index in [0.29, 0.717) is 17.7 Å². The van der Waals surface area contributed by atoms with Gasteiger partial charge in [-0.05, 0) is 24.5 Å². The summed E-state index contributed by atoms with van der Waals surface area (Å²) in [7, 11) is 0. The molecule has 1 saturated carbocycles. The Hall–Kier alpha value is -2.60. The highest BCUT2D eigenvalue weighted by Gasteiger charge is 2.21. The number of hydrogen-bond donors (Lipinski definition) is 1. The maximum Gasteiger partial charge on any atom is 0.274 e. The summed E-state index contributed by atoms with van der Waals surface area (Å²) in [5.41, 5.74) is 1.94. The largest absolute Gasteiger partial charge is 0.350 e. The van der Waals surface area contributed by atoms with Crippen LogP contribution in [0.2, 0.25) is 0 Å². The summed E-state index contributed by atoms with van der Waals surface area (Å²) in [4.78, 5) is 25.2. The summed E-state index contributed by atoms with van der Waals surface area (Å²) in [5.74, 6) is 1.19. The quantitative estimate of drug-likeness (QED) is 0.641. The molecular formula is C23H25N3O2S. The van der Waals surface area contributed by atoms with E-state index < -0.39 is 0 Å². The van der Waals surface area contributed by atoms with E-state index in [-0.39, 0.29) is 17.5 Å². The minimum atomic E-state index is -0.0269. The van der Waals surface area contributed by atoms with Crippen molar-refractivity contribution >= 4 is 28.4 Å². The molecular weight excluding hydrogens is 382 g/mol. The highest BCUT2D eigenvalue weighted by Crippen LogP contribution is 2.28. The van der Waals surface area contributed by atoms with Gasteiger partial charge in [-0.3, -0.25) is 9.59 Å². The molecule has 150 valence electrons. The molecule has 29 heavy (non-hydrogen) atoms. The minimum absolute atomic E-state index is 0.0181. The fraction of sp³-hybridized carbons (Fsp3) is 0.348. The van der Waals surface area contributed by atoms with Crippen molar-refractivity contribution in [3.05, 3.63) is 76.2 Å². The van der Waals surface area contributed by atoms with E-state index in [9.17, 15) is 9.59 Å². The van der Waals surface area contributed by atoms with Crippen molar-refractivity contribution in [1.82, 2.24) is 15.1 Å². The van der Waals surface area contributed by atoms with Gasteiger partial charge in [-0.25, -0.2) is 4.68 Å². The van der Waals surface area contributed by atoms with Gasteiger partial charge in [0.2, 0.25) is 5.91 Å². The van der Waals surface area contributed by atoms with Crippen LogP contribution >= 0.6 is 11.8 Å². The van der Waals surface area contributed by atoms with Crippen molar-refractivity contribution in [2.24, 2.45) is 0 Å². The molecule has 1 aromatic heterocycles. The number of carbonyl (C=O) groups is 1. The first-order chi connectivity index (χ1) is 14.2. The van der Waals surface area contributed by atoms with Crippen LogP contribution in [0, 0.1) is 0 Å². The lowest BCUT2D eigenvalue weighted by Gasteiger charge is -2.16. The number of nitrogens with one attached hydrogen (secondary N) is 1. The van der Waals surface area contributed by atoms with Gasteiger partial charge in [0.25, 0.3) is 5.56 Å². The summed E-state index contributed by atoms with van der Waals surface area (Å²) >= 11 is 1.59. The Labute approximate surface area is 174 Å². The number of fused-ring (bicyclic) bond motifs is 1. The first-order valence-electron chi connectivity index (χ1n) is 10.1. The maximum absolute atomic E-state index is 12.9. The first-order valence-corrected chi connectivity index (χ1v) is 11.3. The normalized spacial score (nSPS) is 14.3. The number of rotatable bonds is 7. The number of thioether (sulfide) groups is 1. The molecule has 2 aromatic carbocycles. The van der Waals surface area contributed by atoms with E-state index in [1.165, 1.54) is 5.56 Å². The number of carbonyl (C=O) groups excluding carboxylic acids is 1. The van der Waals surface area contributed by atoms with Gasteiger partial charge in [0.15, 0.2) is 0 Å². The van der Waals surface area contributed by atoms with E-state index in [2.05, 4.69) is 22.5 Å². The zero-order valence-electron chi connectivity index (χ0n) is 16.3. The number of aromatic nitrogens is 2. The Balaban J connectivity index is 1.45. The minimum Gasteiger partial charge on any atom is -0.350 e. The lowest BCUT2D eigenvalue weighted by molar-refractivity contribution is -0.118. The molecule has 1 heterocycles. The van der Waals surface area contributed by atoms with Crippen molar-refractivity contribution < 1.29 is 4.79 Å². The lowest BCUT2D eigenvalue weighted by Crippen LogP contribution is -2.30. The molecule has 1 fully saturated rings. The van der Waals surface area contributed by atoms with Crippen molar-refractivity contribution in [3.8, 4) is 0 Å². The van der Waals surface area contributed by atoms with Gasteiger partial charge in [0.1, 0.15) is 0 Å². The molecule has 1 aliphatic carbocycles. The monoisotopic (exact) mass is 407 g/mol. The molecule has 0 atom stereocenters. The maximum atomic E-state index is 12.9. The molecule has 4 rings (SSSR count). The van der Waals surface area contributed by atoms with E-state index in [4.69, 9.17) is 0 Å². The van der Waals surface area contributed by atoms with Crippen LogP contribution in [-0.4, -0.2) is 21.4 Å². The SMILES string of the molecule is O=C(CSCc1ccccc1)NCc1nn(C2CCCC2)c(=O)c2ccccc12. The smallest absolute Gasteiger partial charge is 0.274 e. The summed E-state index contributed by atoms with van der Waals surface area (Å²) in [5, 5.41) is 9.14. The third kappa shape index (κ3) is 4.70. The van der Waals surface area contributed by atoms with Crippen LogP contribution in [-0.2, 0) is 17.1 Å². The highest BCUT2D eigenvalue weighted by atomic mass is 32.2. The number of hydrogen-bond acceptors (Lipinski definition) is 4. The second-order valence-corrected chi connectivity index (χ2v) is 8.42. The van der Waals surface area contributed by atoms with E-state index >= 15 is 0 Å².